The maximum Gasteiger partial charge on any atom is 0.311 e. The van der Waals surface area contributed by atoms with E-state index in [0.717, 1.165) is 37.9 Å². The minimum Gasteiger partial charge on any atom is -0.465 e. The summed E-state index contributed by atoms with van der Waals surface area (Å²) in [5.41, 5.74) is 0.876. The van der Waals surface area contributed by atoms with E-state index in [0.29, 0.717) is 24.7 Å². The Kier molecular flexibility index (Phi) is 18.8. The van der Waals surface area contributed by atoms with E-state index in [2.05, 4.69) is 18.7 Å². The summed E-state index contributed by atoms with van der Waals surface area (Å²) in [5, 5.41) is 0. The Morgan fingerprint density at radius 2 is 1.50 bits per heavy atom. The molecular weight excluding hydrogens is 514 g/mol. The fraction of sp³-hybridized carbons (Fsp3) is 0.742. The lowest BCUT2D eigenvalue weighted by atomic mass is 9.94. The zero-order valence-electron chi connectivity index (χ0n) is 23.9. The second kappa shape index (κ2) is 21.6. The van der Waals surface area contributed by atoms with Gasteiger partial charge in [0.15, 0.2) is 0 Å². The summed E-state index contributed by atoms with van der Waals surface area (Å²) in [5.74, 6) is 3.26. The van der Waals surface area contributed by atoms with Gasteiger partial charge in [-0.3, -0.25) is 9.59 Å². The monoisotopic (exact) mass is 565 g/mol. The predicted octanol–water partition coefficient (Wildman–Crippen LogP) is 8.10. The molecule has 216 valence electrons. The first kappa shape index (κ1) is 33.0. The molecule has 0 aromatic heterocycles. The maximum absolute atomic E-state index is 12.3. The lowest BCUT2D eigenvalue weighted by Crippen LogP contribution is -2.35. The van der Waals surface area contributed by atoms with Gasteiger partial charge in [0.1, 0.15) is 5.75 Å². The van der Waals surface area contributed by atoms with Gasteiger partial charge in [0, 0.05) is 24.5 Å². The SMILES string of the molecule is CCCCCCCCCCC(=O)Oc1ccc(CC(=O)OCCC2CCN(CCSSCCC)CC2)cc1. The molecule has 0 saturated carbocycles. The van der Waals surface area contributed by atoms with Gasteiger partial charge >= 0.3 is 11.9 Å². The van der Waals surface area contributed by atoms with Gasteiger partial charge in [0.05, 0.1) is 13.0 Å². The summed E-state index contributed by atoms with van der Waals surface area (Å²) in [7, 11) is 3.98. The van der Waals surface area contributed by atoms with Gasteiger partial charge in [-0.25, -0.2) is 0 Å². The first-order chi connectivity index (χ1) is 18.6. The van der Waals surface area contributed by atoms with Crippen molar-refractivity contribution in [3.05, 3.63) is 29.8 Å². The van der Waals surface area contributed by atoms with Crippen LogP contribution < -0.4 is 4.74 Å². The van der Waals surface area contributed by atoms with Crippen LogP contribution in [0.2, 0.25) is 0 Å². The van der Waals surface area contributed by atoms with Gasteiger partial charge in [-0.2, -0.15) is 0 Å². The van der Waals surface area contributed by atoms with E-state index in [1.807, 2.05) is 33.7 Å². The lowest BCUT2D eigenvalue weighted by Gasteiger charge is -2.31. The number of likely N-dealkylation sites (tertiary alicyclic amines) is 1. The van der Waals surface area contributed by atoms with Crippen LogP contribution in [0, 0.1) is 5.92 Å². The molecule has 0 spiro atoms. The molecule has 5 nitrogen and oxygen atoms in total. The molecule has 0 atom stereocenters. The van der Waals surface area contributed by atoms with E-state index < -0.39 is 0 Å². The minimum absolute atomic E-state index is 0.182. The van der Waals surface area contributed by atoms with Crippen LogP contribution in [0.15, 0.2) is 24.3 Å². The molecule has 0 N–H and O–H groups in total. The molecule has 1 aliphatic heterocycles. The zero-order valence-corrected chi connectivity index (χ0v) is 25.6. The molecule has 0 radical (unpaired) electrons. The fourth-order valence-corrected chi connectivity index (χ4v) is 6.85. The van der Waals surface area contributed by atoms with Crippen molar-refractivity contribution in [1.29, 1.82) is 0 Å². The highest BCUT2D eigenvalue weighted by atomic mass is 33.1. The lowest BCUT2D eigenvalue weighted by molar-refractivity contribution is -0.143. The number of esters is 2. The third kappa shape index (κ3) is 16.0. The quantitative estimate of drug-likeness (QED) is 0.0646. The van der Waals surface area contributed by atoms with E-state index in [1.54, 1.807) is 12.1 Å². The average Bonchev–Trinajstić information content (AvgIpc) is 2.92. The zero-order chi connectivity index (χ0) is 27.3. The molecule has 1 fully saturated rings. The molecule has 0 amide bonds. The second-order valence-electron chi connectivity index (χ2n) is 10.5. The number of hydrogen-bond acceptors (Lipinski definition) is 7. The number of unbranched alkanes of at least 4 members (excludes halogenated alkanes) is 7. The molecule has 0 aliphatic carbocycles. The first-order valence-corrected chi connectivity index (χ1v) is 17.5. The predicted molar refractivity (Wildman–Crippen MR) is 163 cm³/mol. The number of carbonyl (C=O) groups is 2. The molecule has 1 aromatic rings. The van der Waals surface area contributed by atoms with Crippen LogP contribution in [0.3, 0.4) is 0 Å². The van der Waals surface area contributed by atoms with Crippen LogP contribution in [0.5, 0.6) is 5.75 Å². The number of carbonyl (C=O) groups excluding carboxylic acids is 2. The summed E-state index contributed by atoms with van der Waals surface area (Å²) in [4.78, 5) is 27.0. The topological polar surface area (TPSA) is 55.8 Å². The van der Waals surface area contributed by atoms with Gasteiger partial charge in [0.2, 0.25) is 0 Å². The molecule has 0 bridgehead atoms. The van der Waals surface area contributed by atoms with Gasteiger partial charge in [-0.1, -0.05) is 92.5 Å². The van der Waals surface area contributed by atoms with Crippen molar-refractivity contribution in [3.8, 4) is 5.75 Å². The third-order valence-electron chi connectivity index (χ3n) is 7.10. The Morgan fingerprint density at radius 1 is 0.842 bits per heavy atom. The number of nitrogens with zero attached hydrogens (tertiary/aromatic N) is 1. The van der Waals surface area contributed by atoms with E-state index in [4.69, 9.17) is 9.47 Å². The summed E-state index contributed by atoms with van der Waals surface area (Å²) in [6.45, 7) is 8.46. The molecular formula is C31H51NO4S2. The van der Waals surface area contributed by atoms with E-state index in [1.165, 1.54) is 75.8 Å². The molecule has 38 heavy (non-hydrogen) atoms. The first-order valence-electron chi connectivity index (χ1n) is 15.0. The Bertz CT molecular complexity index is 751. The normalized spacial score (nSPS) is 14.5. The van der Waals surface area contributed by atoms with Crippen molar-refractivity contribution in [2.45, 2.75) is 104 Å². The van der Waals surface area contributed by atoms with Crippen molar-refractivity contribution in [2.24, 2.45) is 5.92 Å². The molecule has 2 rings (SSSR count). The second-order valence-corrected chi connectivity index (χ2v) is 13.2. The van der Waals surface area contributed by atoms with Crippen LogP contribution in [-0.2, 0) is 20.7 Å². The summed E-state index contributed by atoms with van der Waals surface area (Å²) in [6.07, 6.45) is 14.9. The average molecular weight is 566 g/mol. The van der Waals surface area contributed by atoms with Crippen molar-refractivity contribution < 1.29 is 19.1 Å². The highest BCUT2D eigenvalue weighted by Gasteiger charge is 2.19. The standard InChI is InChI=1S/C31H51NO4S2/c1-3-5-6-7-8-9-10-11-12-30(33)36-29-15-13-28(14-16-29)26-31(34)35-23-19-27-17-20-32(21-18-27)22-25-38-37-24-4-2/h13-16,27H,3-12,17-26H2,1-2H3. The maximum atomic E-state index is 12.3. The van der Waals surface area contributed by atoms with E-state index in [-0.39, 0.29) is 18.4 Å². The molecule has 0 unspecified atom stereocenters. The van der Waals surface area contributed by atoms with Crippen molar-refractivity contribution in [2.75, 3.05) is 37.7 Å². The molecule has 1 aromatic carbocycles. The van der Waals surface area contributed by atoms with Gasteiger partial charge in [0.25, 0.3) is 0 Å². The van der Waals surface area contributed by atoms with Gasteiger partial charge in [-0.15, -0.1) is 0 Å². The largest absolute Gasteiger partial charge is 0.465 e. The van der Waals surface area contributed by atoms with Crippen molar-refractivity contribution in [1.82, 2.24) is 4.90 Å². The third-order valence-corrected chi connectivity index (χ3v) is 9.69. The Morgan fingerprint density at radius 3 is 2.18 bits per heavy atom. The van der Waals surface area contributed by atoms with E-state index in [9.17, 15) is 9.59 Å². The number of ether oxygens (including phenoxy) is 2. The molecule has 1 aliphatic rings. The number of piperidine rings is 1. The highest BCUT2D eigenvalue weighted by Crippen LogP contribution is 2.24. The van der Waals surface area contributed by atoms with Gasteiger partial charge < -0.3 is 14.4 Å². The van der Waals surface area contributed by atoms with Crippen LogP contribution in [0.1, 0.15) is 103 Å². The number of rotatable bonds is 21. The number of benzene rings is 1. The van der Waals surface area contributed by atoms with Crippen LogP contribution >= 0.6 is 21.6 Å². The van der Waals surface area contributed by atoms with Crippen LogP contribution in [0.4, 0.5) is 0 Å². The minimum atomic E-state index is -0.191. The van der Waals surface area contributed by atoms with Crippen molar-refractivity contribution >= 4 is 33.5 Å². The summed E-state index contributed by atoms with van der Waals surface area (Å²) in [6, 6.07) is 7.22. The summed E-state index contributed by atoms with van der Waals surface area (Å²) < 4.78 is 11.0. The Labute approximate surface area is 240 Å². The van der Waals surface area contributed by atoms with Crippen LogP contribution in [-0.4, -0.2) is 54.6 Å². The van der Waals surface area contributed by atoms with Crippen LogP contribution in [0.25, 0.3) is 0 Å². The Hall–Kier alpha value is -1.18. The number of hydrogen-bond donors (Lipinski definition) is 0. The molecule has 1 heterocycles. The van der Waals surface area contributed by atoms with Crippen molar-refractivity contribution in [3.63, 3.8) is 0 Å². The summed E-state index contributed by atoms with van der Waals surface area (Å²) >= 11 is 0. The van der Waals surface area contributed by atoms with Gasteiger partial charge in [-0.05, 0) is 68.8 Å². The fourth-order valence-electron chi connectivity index (χ4n) is 4.68. The smallest absolute Gasteiger partial charge is 0.311 e. The molecule has 1 saturated heterocycles. The van der Waals surface area contributed by atoms with E-state index >= 15 is 0 Å². The highest BCUT2D eigenvalue weighted by molar-refractivity contribution is 8.76. The Balaban J connectivity index is 1.50. The molecule has 7 heteroatoms.